The van der Waals surface area contributed by atoms with E-state index >= 15 is 0 Å². The van der Waals surface area contributed by atoms with Crippen LogP contribution in [0.5, 0.6) is 0 Å². The summed E-state index contributed by atoms with van der Waals surface area (Å²) in [5, 5.41) is 8.91. The van der Waals surface area contributed by atoms with Crippen molar-refractivity contribution < 1.29 is 9.90 Å². The van der Waals surface area contributed by atoms with Gasteiger partial charge in [0.25, 0.3) is 0 Å². The lowest BCUT2D eigenvalue weighted by atomic mass is 9.89. The molecule has 70 valence electrons. The molecule has 0 saturated carbocycles. The number of carbonyl (C=O) groups is 1. The molecule has 1 aromatic rings. The Balaban J connectivity index is 3.22. The predicted octanol–water partition coefficient (Wildman–Crippen LogP) is 1.50. The van der Waals surface area contributed by atoms with Crippen LogP contribution in [-0.4, -0.2) is 21.0 Å². The zero-order chi connectivity index (χ0) is 10.1. The Hall–Kier alpha value is -1.23. The summed E-state index contributed by atoms with van der Waals surface area (Å²) in [6.07, 6.45) is 1.50. The Morgan fingerprint density at radius 2 is 2.31 bits per heavy atom. The standard InChI is InChI=1S/C8H10N2O2S/c1-8(2,6(11)12)5-3-4-9-7(13)10-5/h3-4H,1-2H3,(H,11,12)(H,9,10,13). The first-order chi connectivity index (χ1) is 5.94. The van der Waals surface area contributed by atoms with Gasteiger partial charge in [-0.2, -0.15) is 0 Å². The Morgan fingerprint density at radius 3 is 2.77 bits per heavy atom. The third kappa shape index (κ3) is 1.92. The molecule has 0 spiro atoms. The fourth-order valence-electron chi connectivity index (χ4n) is 0.848. The zero-order valence-corrected chi connectivity index (χ0v) is 8.18. The summed E-state index contributed by atoms with van der Waals surface area (Å²) < 4.78 is 0.298. The largest absolute Gasteiger partial charge is 0.481 e. The molecular formula is C8H10N2O2S. The molecule has 0 aliphatic carbocycles. The van der Waals surface area contributed by atoms with Crippen molar-refractivity contribution in [3.63, 3.8) is 0 Å². The van der Waals surface area contributed by atoms with Crippen LogP contribution in [0.2, 0.25) is 0 Å². The van der Waals surface area contributed by atoms with Crippen LogP contribution in [0.15, 0.2) is 12.3 Å². The van der Waals surface area contributed by atoms with Gasteiger partial charge in [-0.1, -0.05) is 0 Å². The Morgan fingerprint density at radius 1 is 1.69 bits per heavy atom. The minimum Gasteiger partial charge on any atom is -0.481 e. The lowest BCUT2D eigenvalue weighted by molar-refractivity contribution is -0.142. The molecule has 4 nitrogen and oxygen atoms in total. The molecule has 0 radical (unpaired) electrons. The number of nitrogens with one attached hydrogen (secondary N) is 1. The molecule has 2 N–H and O–H groups in total. The van der Waals surface area contributed by atoms with Crippen LogP contribution in [0.4, 0.5) is 0 Å². The number of aliphatic carboxylic acids is 1. The van der Waals surface area contributed by atoms with Crippen LogP contribution in [0.3, 0.4) is 0 Å². The second kappa shape index (κ2) is 3.26. The van der Waals surface area contributed by atoms with E-state index in [0.29, 0.717) is 10.5 Å². The Kier molecular flexibility index (Phi) is 2.47. The van der Waals surface area contributed by atoms with E-state index in [9.17, 15) is 4.79 Å². The van der Waals surface area contributed by atoms with Gasteiger partial charge in [0.2, 0.25) is 0 Å². The van der Waals surface area contributed by atoms with E-state index in [-0.39, 0.29) is 0 Å². The van der Waals surface area contributed by atoms with Gasteiger partial charge in [0.1, 0.15) is 5.41 Å². The van der Waals surface area contributed by atoms with E-state index in [1.54, 1.807) is 19.9 Å². The van der Waals surface area contributed by atoms with Crippen LogP contribution in [0.25, 0.3) is 0 Å². The number of carboxylic acids is 1. The molecular weight excluding hydrogens is 188 g/mol. The van der Waals surface area contributed by atoms with Crippen molar-refractivity contribution in [3.8, 4) is 0 Å². The molecule has 0 aliphatic rings. The predicted molar refractivity (Wildman–Crippen MR) is 50.1 cm³/mol. The van der Waals surface area contributed by atoms with Crippen molar-refractivity contribution >= 4 is 18.2 Å². The number of nitrogens with zero attached hydrogens (tertiary/aromatic N) is 1. The Bertz CT molecular complexity index is 384. The summed E-state index contributed by atoms with van der Waals surface area (Å²) in [6.45, 7) is 3.21. The smallest absolute Gasteiger partial charge is 0.315 e. The molecule has 5 heteroatoms. The highest BCUT2D eigenvalue weighted by Gasteiger charge is 2.30. The fraction of sp³-hybridized carbons (Fsp3) is 0.375. The maximum Gasteiger partial charge on any atom is 0.315 e. The number of rotatable bonds is 2. The van der Waals surface area contributed by atoms with E-state index in [1.807, 2.05) is 0 Å². The van der Waals surface area contributed by atoms with Crippen molar-refractivity contribution in [2.75, 3.05) is 0 Å². The quantitative estimate of drug-likeness (QED) is 0.707. The minimum absolute atomic E-state index is 0.298. The highest BCUT2D eigenvalue weighted by molar-refractivity contribution is 7.71. The van der Waals surface area contributed by atoms with Crippen LogP contribution in [0.1, 0.15) is 19.5 Å². The maximum atomic E-state index is 10.9. The first-order valence-electron chi connectivity index (χ1n) is 3.74. The van der Waals surface area contributed by atoms with Gasteiger partial charge in [-0.25, -0.2) is 4.98 Å². The minimum atomic E-state index is -0.962. The van der Waals surface area contributed by atoms with E-state index < -0.39 is 11.4 Å². The lowest BCUT2D eigenvalue weighted by Crippen LogP contribution is -2.29. The average molecular weight is 198 g/mol. The van der Waals surface area contributed by atoms with Crippen molar-refractivity contribution in [1.29, 1.82) is 0 Å². The van der Waals surface area contributed by atoms with Gasteiger partial charge in [0, 0.05) is 11.9 Å². The molecule has 0 bridgehead atoms. The first kappa shape index (κ1) is 9.85. The van der Waals surface area contributed by atoms with Gasteiger partial charge >= 0.3 is 5.97 Å². The van der Waals surface area contributed by atoms with Crippen molar-refractivity contribution in [2.45, 2.75) is 19.3 Å². The van der Waals surface area contributed by atoms with Gasteiger partial charge in [-0.15, -0.1) is 0 Å². The third-order valence-corrected chi connectivity index (χ3v) is 2.09. The normalized spacial score (nSPS) is 11.2. The van der Waals surface area contributed by atoms with Crippen LogP contribution in [-0.2, 0) is 10.2 Å². The molecule has 0 unspecified atom stereocenters. The van der Waals surface area contributed by atoms with E-state index in [2.05, 4.69) is 9.97 Å². The van der Waals surface area contributed by atoms with E-state index in [0.717, 1.165) is 0 Å². The SMILES string of the molecule is CC(C)(C(=O)O)c1ccnc(=S)[nH]1. The van der Waals surface area contributed by atoms with E-state index in [1.165, 1.54) is 6.20 Å². The summed E-state index contributed by atoms with van der Waals surface area (Å²) in [6, 6.07) is 1.62. The summed E-state index contributed by atoms with van der Waals surface area (Å²) in [7, 11) is 0. The fourth-order valence-corrected chi connectivity index (χ4v) is 1.02. The highest BCUT2D eigenvalue weighted by Crippen LogP contribution is 2.20. The molecule has 0 amide bonds. The number of hydrogen-bond acceptors (Lipinski definition) is 3. The van der Waals surface area contributed by atoms with Crippen LogP contribution < -0.4 is 0 Å². The summed E-state index contributed by atoms with van der Waals surface area (Å²) in [5.41, 5.74) is -0.406. The number of hydrogen-bond donors (Lipinski definition) is 2. The average Bonchev–Trinajstić information content (AvgIpc) is 2.04. The second-order valence-corrected chi connectivity index (χ2v) is 3.61. The molecule has 0 aliphatic heterocycles. The number of H-pyrrole nitrogens is 1. The van der Waals surface area contributed by atoms with Crippen molar-refractivity contribution in [2.24, 2.45) is 0 Å². The molecule has 13 heavy (non-hydrogen) atoms. The van der Waals surface area contributed by atoms with Crippen molar-refractivity contribution in [1.82, 2.24) is 9.97 Å². The molecule has 1 aromatic heterocycles. The molecule has 1 rings (SSSR count). The van der Waals surface area contributed by atoms with Gasteiger partial charge in [-0.3, -0.25) is 4.79 Å². The molecule has 0 saturated heterocycles. The number of carboxylic acid groups (broad SMARTS) is 1. The van der Waals surface area contributed by atoms with Crippen LogP contribution >= 0.6 is 12.2 Å². The molecule has 0 atom stereocenters. The Labute approximate surface area is 80.6 Å². The first-order valence-corrected chi connectivity index (χ1v) is 4.14. The topological polar surface area (TPSA) is 66.0 Å². The summed E-state index contributed by atoms with van der Waals surface area (Å²) >= 11 is 4.80. The van der Waals surface area contributed by atoms with E-state index in [4.69, 9.17) is 17.3 Å². The summed E-state index contributed by atoms with van der Waals surface area (Å²) in [5.74, 6) is -0.899. The maximum absolute atomic E-state index is 10.9. The van der Waals surface area contributed by atoms with Crippen molar-refractivity contribution in [3.05, 3.63) is 22.7 Å². The molecule has 0 fully saturated rings. The van der Waals surface area contributed by atoms with Gasteiger partial charge in [0.15, 0.2) is 4.77 Å². The van der Waals surface area contributed by atoms with Gasteiger partial charge in [0.05, 0.1) is 0 Å². The highest BCUT2D eigenvalue weighted by atomic mass is 32.1. The molecule has 0 aromatic carbocycles. The lowest BCUT2D eigenvalue weighted by Gasteiger charge is -2.18. The molecule has 1 heterocycles. The number of aromatic nitrogens is 2. The monoisotopic (exact) mass is 198 g/mol. The third-order valence-electron chi connectivity index (χ3n) is 1.88. The summed E-state index contributed by atoms with van der Waals surface area (Å²) in [4.78, 5) is 17.4. The van der Waals surface area contributed by atoms with Crippen LogP contribution in [0, 0.1) is 4.77 Å². The van der Waals surface area contributed by atoms with Gasteiger partial charge in [-0.05, 0) is 32.1 Å². The van der Waals surface area contributed by atoms with Gasteiger partial charge < -0.3 is 10.1 Å². The zero-order valence-electron chi connectivity index (χ0n) is 7.37. The number of aromatic amines is 1. The second-order valence-electron chi connectivity index (χ2n) is 3.22.